The molecule has 1 aromatic carbocycles. The molecule has 1 aromatic rings. The highest BCUT2D eigenvalue weighted by Crippen LogP contribution is 2.24. The first-order chi connectivity index (χ1) is 9.09. The second-order valence-corrected chi connectivity index (χ2v) is 5.33. The Kier molecular flexibility index (Phi) is 4.91. The molecule has 1 aliphatic rings. The Morgan fingerprint density at radius 2 is 2.21 bits per heavy atom. The molecule has 0 aromatic heterocycles. The van der Waals surface area contributed by atoms with Gasteiger partial charge in [-0.1, -0.05) is 18.2 Å². The third-order valence-electron chi connectivity index (χ3n) is 3.97. The smallest absolute Gasteiger partial charge is 0.127 e. The Hall–Kier alpha value is -0.970. The number of benzene rings is 1. The van der Waals surface area contributed by atoms with Gasteiger partial charge in [0.05, 0.1) is 12.7 Å². The van der Waals surface area contributed by atoms with E-state index in [-0.39, 0.29) is 23.9 Å². The normalized spacial score (nSPS) is 25.5. The first-order valence-corrected chi connectivity index (χ1v) is 6.80. The maximum Gasteiger partial charge on any atom is 0.127 e. The van der Waals surface area contributed by atoms with Crippen molar-refractivity contribution in [2.75, 3.05) is 26.8 Å². The van der Waals surface area contributed by atoms with Crippen molar-refractivity contribution < 1.29 is 14.2 Å². The van der Waals surface area contributed by atoms with E-state index in [0.29, 0.717) is 31.7 Å². The number of ether oxygens (including phenoxy) is 1. The van der Waals surface area contributed by atoms with E-state index >= 15 is 0 Å². The molecule has 4 heteroatoms. The molecule has 1 N–H and O–H groups in total. The molecule has 3 unspecified atom stereocenters. The fourth-order valence-electron chi connectivity index (χ4n) is 2.54. The molecular formula is C15H22FNO2. The molecule has 0 amide bonds. The Morgan fingerprint density at radius 1 is 1.47 bits per heavy atom. The van der Waals surface area contributed by atoms with Gasteiger partial charge in [0, 0.05) is 30.7 Å². The first kappa shape index (κ1) is 14.4. The maximum atomic E-state index is 13.8. The van der Waals surface area contributed by atoms with Crippen LogP contribution in [0, 0.1) is 11.7 Å². The van der Waals surface area contributed by atoms with Crippen LogP contribution in [0.2, 0.25) is 0 Å². The highest BCUT2D eigenvalue weighted by molar-refractivity contribution is 5.20. The lowest BCUT2D eigenvalue weighted by atomic mass is 9.97. The Balaban J connectivity index is 1.99. The number of aliphatic hydroxyl groups is 1. The van der Waals surface area contributed by atoms with E-state index in [9.17, 15) is 9.50 Å². The second kappa shape index (κ2) is 6.46. The molecule has 0 saturated carbocycles. The number of nitrogens with zero attached hydrogens (tertiary/aromatic N) is 1. The van der Waals surface area contributed by atoms with Gasteiger partial charge in [0.25, 0.3) is 0 Å². The fourth-order valence-corrected chi connectivity index (χ4v) is 2.54. The number of rotatable bonds is 4. The molecular weight excluding hydrogens is 245 g/mol. The molecule has 1 fully saturated rings. The minimum atomic E-state index is -0.316. The number of halogens is 1. The summed E-state index contributed by atoms with van der Waals surface area (Å²) in [6.07, 6.45) is 0.371. The van der Waals surface area contributed by atoms with Gasteiger partial charge in [-0.15, -0.1) is 0 Å². The zero-order valence-corrected chi connectivity index (χ0v) is 11.6. The lowest BCUT2D eigenvalue weighted by Crippen LogP contribution is -2.40. The summed E-state index contributed by atoms with van der Waals surface area (Å²) in [5.41, 5.74) is 0.691. The largest absolute Gasteiger partial charge is 0.393 e. The van der Waals surface area contributed by atoms with Crippen LogP contribution < -0.4 is 0 Å². The predicted molar refractivity (Wildman–Crippen MR) is 72.4 cm³/mol. The van der Waals surface area contributed by atoms with Crippen LogP contribution in [0.3, 0.4) is 0 Å². The van der Waals surface area contributed by atoms with Crippen LogP contribution in [-0.2, 0) is 4.74 Å². The summed E-state index contributed by atoms with van der Waals surface area (Å²) in [7, 11) is 1.96. The van der Waals surface area contributed by atoms with Crippen LogP contribution in [0.4, 0.5) is 4.39 Å². The van der Waals surface area contributed by atoms with Gasteiger partial charge in [-0.3, -0.25) is 4.90 Å². The standard InChI is InChI=1S/C15H22FNO2/c1-11(13-5-3-4-6-14(13)16)17(2)9-12-10-19-8-7-15(12)18/h3-6,11-12,15,18H,7-10H2,1-2H3. The van der Waals surface area contributed by atoms with E-state index in [1.54, 1.807) is 6.07 Å². The van der Waals surface area contributed by atoms with E-state index in [0.717, 1.165) is 0 Å². The van der Waals surface area contributed by atoms with E-state index in [1.807, 2.05) is 26.1 Å². The van der Waals surface area contributed by atoms with Crippen molar-refractivity contribution in [3.05, 3.63) is 35.6 Å². The van der Waals surface area contributed by atoms with Crippen molar-refractivity contribution in [2.24, 2.45) is 5.92 Å². The average Bonchev–Trinajstić information content (AvgIpc) is 2.41. The van der Waals surface area contributed by atoms with E-state index in [4.69, 9.17) is 4.74 Å². The molecule has 1 saturated heterocycles. The lowest BCUT2D eigenvalue weighted by molar-refractivity contribution is -0.0474. The summed E-state index contributed by atoms with van der Waals surface area (Å²) in [5, 5.41) is 9.94. The van der Waals surface area contributed by atoms with Crippen LogP contribution in [0.15, 0.2) is 24.3 Å². The molecule has 0 bridgehead atoms. The highest BCUT2D eigenvalue weighted by atomic mass is 19.1. The van der Waals surface area contributed by atoms with Crippen molar-refractivity contribution in [3.8, 4) is 0 Å². The number of hydrogen-bond acceptors (Lipinski definition) is 3. The molecule has 1 heterocycles. The average molecular weight is 267 g/mol. The van der Waals surface area contributed by atoms with Gasteiger partial charge < -0.3 is 9.84 Å². The van der Waals surface area contributed by atoms with Gasteiger partial charge in [-0.2, -0.15) is 0 Å². The van der Waals surface area contributed by atoms with E-state index in [2.05, 4.69) is 4.90 Å². The molecule has 3 atom stereocenters. The summed E-state index contributed by atoms with van der Waals surface area (Å²) >= 11 is 0. The zero-order chi connectivity index (χ0) is 13.8. The zero-order valence-electron chi connectivity index (χ0n) is 11.6. The number of aliphatic hydroxyl groups excluding tert-OH is 1. The molecule has 3 nitrogen and oxygen atoms in total. The molecule has 0 spiro atoms. The number of hydrogen-bond donors (Lipinski definition) is 1. The van der Waals surface area contributed by atoms with Gasteiger partial charge in [0.15, 0.2) is 0 Å². The van der Waals surface area contributed by atoms with Crippen LogP contribution in [-0.4, -0.2) is 42.9 Å². The van der Waals surface area contributed by atoms with Gasteiger partial charge in [0.2, 0.25) is 0 Å². The van der Waals surface area contributed by atoms with Crippen LogP contribution in [0.5, 0.6) is 0 Å². The first-order valence-electron chi connectivity index (χ1n) is 6.80. The van der Waals surface area contributed by atoms with Crippen molar-refractivity contribution >= 4 is 0 Å². The topological polar surface area (TPSA) is 32.7 Å². The minimum absolute atomic E-state index is 0.0182. The van der Waals surface area contributed by atoms with Crippen molar-refractivity contribution in [1.29, 1.82) is 0 Å². The maximum absolute atomic E-state index is 13.8. The highest BCUT2D eigenvalue weighted by Gasteiger charge is 2.27. The summed E-state index contributed by atoms with van der Waals surface area (Å²) in [5.74, 6) is -0.0738. The Labute approximate surface area is 114 Å². The molecule has 106 valence electrons. The SMILES string of the molecule is CC(c1ccccc1F)N(C)CC1COCCC1O. The molecule has 0 aliphatic carbocycles. The lowest BCUT2D eigenvalue weighted by Gasteiger charge is -2.34. The van der Waals surface area contributed by atoms with E-state index < -0.39 is 0 Å². The molecule has 0 radical (unpaired) electrons. The van der Waals surface area contributed by atoms with Crippen LogP contribution >= 0.6 is 0 Å². The third-order valence-corrected chi connectivity index (χ3v) is 3.97. The van der Waals surface area contributed by atoms with Gasteiger partial charge in [-0.05, 0) is 26.5 Å². The fraction of sp³-hybridized carbons (Fsp3) is 0.600. The van der Waals surface area contributed by atoms with Crippen molar-refractivity contribution in [3.63, 3.8) is 0 Å². The molecule has 1 aliphatic heterocycles. The minimum Gasteiger partial charge on any atom is -0.393 e. The third kappa shape index (κ3) is 3.53. The van der Waals surface area contributed by atoms with Gasteiger partial charge in [0.1, 0.15) is 5.82 Å². The summed E-state index contributed by atoms with van der Waals surface area (Å²) in [6.45, 7) is 3.89. The van der Waals surface area contributed by atoms with Gasteiger partial charge in [-0.25, -0.2) is 4.39 Å². The summed E-state index contributed by atoms with van der Waals surface area (Å²) in [4.78, 5) is 2.07. The van der Waals surface area contributed by atoms with E-state index in [1.165, 1.54) is 6.07 Å². The Morgan fingerprint density at radius 3 is 2.89 bits per heavy atom. The molecule has 19 heavy (non-hydrogen) atoms. The predicted octanol–water partition coefficient (Wildman–Crippen LogP) is 2.22. The monoisotopic (exact) mass is 267 g/mol. The second-order valence-electron chi connectivity index (χ2n) is 5.33. The van der Waals surface area contributed by atoms with Crippen molar-refractivity contribution in [2.45, 2.75) is 25.5 Å². The molecule has 2 rings (SSSR count). The quantitative estimate of drug-likeness (QED) is 0.908. The summed E-state index contributed by atoms with van der Waals surface area (Å²) < 4.78 is 19.2. The van der Waals surface area contributed by atoms with Gasteiger partial charge >= 0.3 is 0 Å². The van der Waals surface area contributed by atoms with Crippen molar-refractivity contribution in [1.82, 2.24) is 4.90 Å². The Bertz CT molecular complexity index is 413. The summed E-state index contributed by atoms with van der Waals surface area (Å²) in [6, 6.07) is 6.82. The van der Waals surface area contributed by atoms with Crippen LogP contribution in [0.1, 0.15) is 24.9 Å². The van der Waals surface area contributed by atoms with Crippen LogP contribution in [0.25, 0.3) is 0 Å².